The van der Waals surface area contributed by atoms with E-state index < -0.39 is 17.5 Å². The Bertz CT molecular complexity index is 708. The van der Waals surface area contributed by atoms with Crippen LogP contribution in [0.3, 0.4) is 0 Å². The van der Waals surface area contributed by atoms with Crippen molar-refractivity contribution in [3.05, 3.63) is 35.4 Å². The van der Waals surface area contributed by atoms with Gasteiger partial charge >= 0.3 is 6.03 Å². The molecule has 0 spiro atoms. The molecule has 2 N–H and O–H groups in total. The summed E-state index contributed by atoms with van der Waals surface area (Å²) in [4.78, 5) is 38.5. The average Bonchev–Trinajstić information content (AvgIpc) is 2.82. The smallest absolute Gasteiger partial charge is 0.325 e. The van der Waals surface area contributed by atoms with Crippen molar-refractivity contribution in [1.82, 2.24) is 15.5 Å². The molecule has 0 bridgehead atoms. The van der Waals surface area contributed by atoms with Gasteiger partial charge in [-0.2, -0.15) is 0 Å². The number of rotatable bonds is 4. The lowest BCUT2D eigenvalue weighted by Gasteiger charge is -2.27. The van der Waals surface area contributed by atoms with Crippen LogP contribution in [0, 0.1) is 12.8 Å². The topological polar surface area (TPSA) is 78.5 Å². The summed E-state index contributed by atoms with van der Waals surface area (Å²) in [6.07, 6.45) is 4.10. The molecule has 1 aromatic carbocycles. The Kier molecular flexibility index (Phi) is 5.03. The molecule has 140 valence electrons. The van der Waals surface area contributed by atoms with Gasteiger partial charge in [0.05, 0.1) is 0 Å². The molecule has 0 unspecified atom stereocenters. The maximum atomic E-state index is 12.9. The Morgan fingerprint density at radius 1 is 1.19 bits per heavy atom. The van der Waals surface area contributed by atoms with Gasteiger partial charge in [-0.05, 0) is 51.0 Å². The van der Waals surface area contributed by atoms with Crippen molar-refractivity contribution in [2.75, 3.05) is 6.54 Å². The fraction of sp³-hybridized carbons (Fsp3) is 0.550. The van der Waals surface area contributed by atoms with Gasteiger partial charge in [0.25, 0.3) is 5.91 Å². The van der Waals surface area contributed by atoms with Gasteiger partial charge in [0.2, 0.25) is 5.91 Å². The Hall–Kier alpha value is -2.37. The molecule has 6 heteroatoms. The van der Waals surface area contributed by atoms with E-state index in [-0.39, 0.29) is 18.5 Å². The molecular weight excluding hydrogens is 330 g/mol. The number of hydrogen-bond acceptors (Lipinski definition) is 3. The van der Waals surface area contributed by atoms with Crippen LogP contribution in [0.2, 0.25) is 0 Å². The molecule has 1 saturated heterocycles. The Morgan fingerprint density at radius 3 is 2.42 bits per heavy atom. The molecule has 1 heterocycles. The minimum atomic E-state index is -1.13. The van der Waals surface area contributed by atoms with Crippen LogP contribution in [0.15, 0.2) is 24.3 Å². The van der Waals surface area contributed by atoms with Gasteiger partial charge in [0, 0.05) is 6.04 Å². The van der Waals surface area contributed by atoms with E-state index in [1.54, 1.807) is 6.92 Å². The van der Waals surface area contributed by atoms with Gasteiger partial charge < -0.3 is 10.6 Å². The number of carbonyl (C=O) groups excluding carboxylic acids is 3. The fourth-order valence-corrected chi connectivity index (χ4v) is 3.74. The van der Waals surface area contributed by atoms with E-state index in [0.29, 0.717) is 11.5 Å². The van der Waals surface area contributed by atoms with Crippen molar-refractivity contribution in [3.8, 4) is 0 Å². The van der Waals surface area contributed by atoms with Gasteiger partial charge in [-0.3, -0.25) is 14.5 Å². The zero-order valence-corrected chi connectivity index (χ0v) is 15.7. The molecule has 1 aromatic rings. The third-order valence-corrected chi connectivity index (χ3v) is 5.59. The van der Waals surface area contributed by atoms with Crippen LogP contribution in [-0.4, -0.2) is 35.3 Å². The summed E-state index contributed by atoms with van der Waals surface area (Å²) in [5.74, 6) is 0.0317. The van der Waals surface area contributed by atoms with Crippen molar-refractivity contribution in [3.63, 3.8) is 0 Å². The second-order valence-corrected chi connectivity index (χ2v) is 7.84. The van der Waals surface area contributed by atoms with E-state index in [4.69, 9.17) is 0 Å². The fourth-order valence-electron chi connectivity index (χ4n) is 3.74. The number of aryl methyl sites for hydroxylation is 1. The number of benzene rings is 1. The second kappa shape index (κ2) is 7.09. The summed E-state index contributed by atoms with van der Waals surface area (Å²) in [7, 11) is 0. The molecule has 2 fully saturated rings. The molecule has 1 atom stereocenters. The highest BCUT2D eigenvalue weighted by atomic mass is 16.2. The van der Waals surface area contributed by atoms with Crippen LogP contribution < -0.4 is 10.6 Å². The molecule has 6 nitrogen and oxygen atoms in total. The quantitative estimate of drug-likeness (QED) is 0.813. The molecule has 0 aromatic heterocycles. The lowest BCUT2D eigenvalue weighted by molar-refractivity contribution is -0.135. The van der Waals surface area contributed by atoms with E-state index in [1.807, 2.05) is 31.2 Å². The lowest BCUT2D eigenvalue weighted by Crippen LogP contribution is -2.46. The Balaban J connectivity index is 1.65. The highest BCUT2D eigenvalue weighted by molar-refractivity contribution is 6.09. The standard InChI is InChI=1S/C20H27N3O3/c1-13-4-8-15(9-5-13)20(3)18(25)23(19(26)22-20)12-17(24)21-16-10-6-14(2)7-11-16/h4-5,8-9,14,16H,6-7,10-12H2,1-3H3,(H,21,24)(H,22,26)/t14?,16?,20-/m1/s1. The van der Waals surface area contributed by atoms with Crippen LogP contribution in [0.5, 0.6) is 0 Å². The Morgan fingerprint density at radius 2 is 1.81 bits per heavy atom. The first kappa shape index (κ1) is 18.4. The zero-order chi connectivity index (χ0) is 18.9. The van der Waals surface area contributed by atoms with Crippen LogP contribution in [0.25, 0.3) is 0 Å². The number of nitrogens with zero attached hydrogens (tertiary/aromatic N) is 1. The van der Waals surface area contributed by atoms with E-state index in [9.17, 15) is 14.4 Å². The Labute approximate surface area is 154 Å². The van der Waals surface area contributed by atoms with Crippen LogP contribution >= 0.6 is 0 Å². The van der Waals surface area contributed by atoms with Crippen molar-refractivity contribution in [1.29, 1.82) is 0 Å². The molecule has 1 aliphatic carbocycles. The van der Waals surface area contributed by atoms with Gasteiger partial charge in [0.1, 0.15) is 12.1 Å². The van der Waals surface area contributed by atoms with Crippen LogP contribution in [0.4, 0.5) is 4.79 Å². The number of urea groups is 1. The summed E-state index contributed by atoms with van der Waals surface area (Å²) in [6.45, 7) is 5.62. The predicted octanol–water partition coefficient (Wildman–Crippen LogP) is 2.46. The minimum Gasteiger partial charge on any atom is -0.352 e. The van der Waals surface area contributed by atoms with Gasteiger partial charge in [-0.15, -0.1) is 0 Å². The SMILES string of the molecule is Cc1ccc([C@@]2(C)NC(=O)N(CC(=O)NC3CCC(C)CC3)C2=O)cc1. The predicted molar refractivity (Wildman–Crippen MR) is 98.3 cm³/mol. The lowest BCUT2D eigenvalue weighted by atomic mass is 9.87. The van der Waals surface area contributed by atoms with Gasteiger partial charge in [-0.25, -0.2) is 4.79 Å². The van der Waals surface area contributed by atoms with E-state index in [2.05, 4.69) is 17.6 Å². The van der Waals surface area contributed by atoms with Gasteiger partial charge in [-0.1, -0.05) is 36.8 Å². The molecule has 2 aliphatic rings. The van der Waals surface area contributed by atoms with Crippen LogP contribution in [-0.2, 0) is 15.1 Å². The number of amides is 4. The molecule has 4 amide bonds. The van der Waals surface area contributed by atoms with Gasteiger partial charge in [0.15, 0.2) is 0 Å². The molecule has 3 rings (SSSR count). The van der Waals surface area contributed by atoms with E-state index in [0.717, 1.165) is 36.1 Å². The molecule has 1 aliphatic heterocycles. The van der Waals surface area contributed by atoms with Crippen molar-refractivity contribution in [2.24, 2.45) is 5.92 Å². The number of carbonyl (C=O) groups is 3. The first-order valence-electron chi connectivity index (χ1n) is 9.30. The maximum Gasteiger partial charge on any atom is 0.325 e. The number of nitrogens with one attached hydrogen (secondary N) is 2. The van der Waals surface area contributed by atoms with Crippen molar-refractivity contribution >= 4 is 17.8 Å². The molecular formula is C20H27N3O3. The summed E-state index contributed by atoms with van der Waals surface area (Å²) >= 11 is 0. The largest absolute Gasteiger partial charge is 0.352 e. The molecule has 26 heavy (non-hydrogen) atoms. The van der Waals surface area contributed by atoms with Crippen molar-refractivity contribution < 1.29 is 14.4 Å². The van der Waals surface area contributed by atoms with Crippen LogP contribution in [0.1, 0.15) is 50.7 Å². The highest BCUT2D eigenvalue weighted by Gasteiger charge is 2.49. The molecule has 1 saturated carbocycles. The van der Waals surface area contributed by atoms with Crippen molar-refractivity contribution in [2.45, 2.75) is 58.0 Å². The first-order chi connectivity index (χ1) is 12.3. The summed E-state index contributed by atoms with van der Waals surface area (Å²) in [6, 6.07) is 7.09. The summed E-state index contributed by atoms with van der Waals surface area (Å²) < 4.78 is 0. The zero-order valence-electron chi connectivity index (χ0n) is 15.7. The number of imide groups is 1. The maximum absolute atomic E-state index is 12.9. The second-order valence-electron chi connectivity index (χ2n) is 7.84. The summed E-state index contributed by atoms with van der Waals surface area (Å²) in [5, 5.41) is 5.71. The summed E-state index contributed by atoms with van der Waals surface area (Å²) in [5.41, 5.74) is 0.656. The minimum absolute atomic E-state index is 0.142. The third kappa shape index (κ3) is 3.59. The third-order valence-electron chi connectivity index (χ3n) is 5.59. The van der Waals surface area contributed by atoms with E-state index in [1.165, 1.54) is 0 Å². The first-order valence-corrected chi connectivity index (χ1v) is 9.30. The molecule has 0 radical (unpaired) electrons. The monoisotopic (exact) mass is 357 g/mol. The highest BCUT2D eigenvalue weighted by Crippen LogP contribution is 2.29. The average molecular weight is 357 g/mol. The number of hydrogen-bond donors (Lipinski definition) is 2. The van der Waals surface area contributed by atoms with E-state index >= 15 is 0 Å². The normalized spacial score (nSPS) is 28.8.